The minimum Gasteiger partial charge on any atom is -0.368 e. The molecule has 4 rings (SSSR count). The van der Waals surface area contributed by atoms with Crippen molar-refractivity contribution in [3.05, 3.63) is 42.7 Å². The number of pyridine rings is 1. The minimum atomic E-state index is -0.153. The van der Waals surface area contributed by atoms with Crippen LogP contribution >= 0.6 is 0 Å². The molecule has 1 saturated carbocycles. The van der Waals surface area contributed by atoms with E-state index in [0.29, 0.717) is 25.6 Å². The molecule has 130 valence electrons. The summed E-state index contributed by atoms with van der Waals surface area (Å²) in [7, 11) is 0. The molecule has 2 aromatic heterocycles. The third-order valence-corrected chi connectivity index (χ3v) is 5.09. The third-order valence-electron chi connectivity index (χ3n) is 5.09. The standard InChI is InChI=1S/C19H22N4O2/c24-19(14-3-1-2-4-14)23-7-8-25-18(12-23)17-6-5-15(11-22-17)16-9-20-13-21-10-16/h5-6,9-11,13-14,18H,1-4,7-8,12H2/t18-/m0/s1. The fraction of sp³-hybridized carbons (Fsp3) is 0.474. The fourth-order valence-corrected chi connectivity index (χ4v) is 3.67. The highest BCUT2D eigenvalue weighted by atomic mass is 16.5. The first kappa shape index (κ1) is 16.1. The lowest BCUT2D eigenvalue weighted by Gasteiger charge is -2.34. The highest BCUT2D eigenvalue weighted by Gasteiger charge is 2.31. The zero-order chi connectivity index (χ0) is 17.1. The maximum absolute atomic E-state index is 12.7. The highest BCUT2D eigenvalue weighted by Crippen LogP contribution is 2.29. The van der Waals surface area contributed by atoms with Crippen molar-refractivity contribution in [2.75, 3.05) is 19.7 Å². The molecule has 1 aliphatic carbocycles. The Bertz CT molecular complexity index is 714. The molecule has 6 heteroatoms. The number of aromatic nitrogens is 3. The van der Waals surface area contributed by atoms with Gasteiger partial charge in [0.25, 0.3) is 0 Å². The molecule has 0 radical (unpaired) electrons. The topological polar surface area (TPSA) is 68.2 Å². The lowest BCUT2D eigenvalue weighted by atomic mass is 10.0. The largest absolute Gasteiger partial charge is 0.368 e. The number of rotatable bonds is 3. The van der Waals surface area contributed by atoms with E-state index in [1.807, 2.05) is 23.2 Å². The average molecular weight is 338 g/mol. The van der Waals surface area contributed by atoms with E-state index in [2.05, 4.69) is 15.0 Å². The Morgan fingerprint density at radius 2 is 1.88 bits per heavy atom. The molecule has 1 amide bonds. The second kappa shape index (κ2) is 7.27. The van der Waals surface area contributed by atoms with E-state index < -0.39 is 0 Å². The number of hydrogen-bond donors (Lipinski definition) is 0. The van der Waals surface area contributed by atoms with Crippen LogP contribution in [0.2, 0.25) is 0 Å². The first-order valence-electron chi connectivity index (χ1n) is 8.93. The molecule has 0 aromatic carbocycles. The molecule has 2 fully saturated rings. The van der Waals surface area contributed by atoms with Gasteiger partial charge >= 0.3 is 0 Å². The number of nitrogens with zero attached hydrogens (tertiary/aromatic N) is 4. The Hall–Kier alpha value is -2.34. The van der Waals surface area contributed by atoms with Crippen molar-refractivity contribution in [3.8, 4) is 11.1 Å². The van der Waals surface area contributed by atoms with Gasteiger partial charge in [0.1, 0.15) is 12.4 Å². The molecule has 0 N–H and O–H groups in total. The number of carbonyl (C=O) groups is 1. The van der Waals surface area contributed by atoms with E-state index in [1.165, 1.54) is 19.2 Å². The van der Waals surface area contributed by atoms with Crippen molar-refractivity contribution in [2.45, 2.75) is 31.8 Å². The van der Waals surface area contributed by atoms with Crippen molar-refractivity contribution >= 4 is 5.91 Å². The fourth-order valence-electron chi connectivity index (χ4n) is 3.67. The third kappa shape index (κ3) is 3.54. The van der Waals surface area contributed by atoms with Crippen LogP contribution in [0.5, 0.6) is 0 Å². The quantitative estimate of drug-likeness (QED) is 0.860. The van der Waals surface area contributed by atoms with Crippen LogP contribution < -0.4 is 0 Å². The molecule has 1 aliphatic heterocycles. The van der Waals surface area contributed by atoms with E-state index in [1.54, 1.807) is 12.4 Å². The lowest BCUT2D eigenvalue weighted by Crippen LogP contribution is -2.44. The zero-order valence-electron chi connectivity index (χ0n) is 14.2. The molecule has 6 nitrogen and oxygen atoms in total. The summed E-state index contributed by atoms with van der Waals surface area (Å²) in [6, 6.07) is 3.97. The van der Waals surface area contributed by atoms with Gasteiger partial charge in [0.05, 0.1) is 18.8 Å². The second-order valence-corrected chi connectivity index (χ2v) is 6.72. The molecule has 3 heterocycles. The summed E-state index contributed by atoms with van der Waals surface area (Å²) >= 11 is 0. The van der Waals surface area contributed by atoms with Crippen LogP contribution in [-0.4, -0.2) is 45.5 Å². The van der Waals surface area contributed by atoms with Gasteiger partial charge in [0, 0.05) is 42.2 Å². The van der Waals surface area contributed by atoms with Crippen LogP contribution in [0, 0.1) is 5.92 Å². The van der Waals surface area contributed by atoms with Crippen LogP contribution in [0.15, 0.2) is 37.1 Å². The molecular weight excluding hydrogens is 316 g/mol. The van der Waals surface area contributed by atoms with E-state index in [0.717, 1.165) is 29.7 Å². The zero-order valence-corrected chi connectivity index (χ0v) is 14.2. The summed E-state index contributed by atoms with van der Waals surface area (Å²) in [5, 5.41) is 0. The van der Waals surface area contributed by atoms with E-state index >= 15 is 0 Å². The van der Waals surface area contributed by atoms with E-state index in [4.69, 9.17) is 4.74 Å². The number of ether oxygens (including phenoxy) is 1. The lowest BCUT2D eigenvalue weighted by molar-refractivity contribution is -0.143. The van der Waals surface area contributed by atoms with Gasteiger partial charge in [-0.25, -0.2) is 9.97 Å². The van der Waals surface area contributed by atoms with Crippen LogP contribution in [0.4, 0.5) is 0 Å². The van der Waals surface area contributed by atoms with Crippen LogP contribution in [0.3, 0.4) is 0 Å². The molecule has 0 spiro atoms. The molecule has 2 aromatic rings. The molecule has 0 unspecified atom stereocenters. The first-order chi connectivity index (χ1) is 12.3. The number of amides is 1. The Morgan fingerprint density at radius 1 is 1.08 bits per heavy atom. The molecule has 25 heavy (non-hydrogen) atoms. The van der Waals surface area contributed by atoms with Gasteiger partial charge in [-0.3, -0.25) is 9.78 Å². The molecule has 0 bridgehead atoms. The Kier molecular flexibility index (Phi) is 4.70. The number of carbonyl (C=O) groups excluding carboxylic acids is 1. The molecule has 1 saturated heterocycles. The smallest absolute Gasteiger partial charge is 0.225 e. The van der Waals surface area contributed by atoms with Crippen molar-refractivity contribution in [3.63, 3.8) is 0 Å². The monoisotopic (exact) mass is 338 g/mol. The summed E-state index contributed by atoms with van der Waals surface area (Å²) in [5.41, 5.74) is 2.77. The second-order valence-electron chi connectivity index (χ2n) is 6.72. The normalized spacial score (nSPS) is 21.4. The van der Waals surface area contributed by atoms with E-state index in [-0.39, 0.29) is 12.0 Å². The summed E-state index contributed by atoms with van der Waals surface area (Å²) in [4.78, 5) is 27.2. The predicted molar refractivity (Wildman–Crippen MR) is 92.5 cm³/mol. The van der Waals surface area contributed by atoms with Gasteiger partial charge in [-0.15, -0.1) is 0 Å². The molecule has 1 atom stereocenters. The van der Waals surface area contributed by atoms with Crippen LogP contribution in [0.25, 0.3) is 11.1 Å². The van der Waals surface area contributed by atoms with Gasteiger partial charge < -0.3 is 9.64 Å². The summed E-state index contributed by atoms with van der Waals surface area (Å²) < 4.78 is 5.87. The maximum atomic E-state index is 12.7. The van der Waals surface area contributed by atoms with Crippen LogP contribution in [-0.2, 0) is 9.53 Å². The van der Waals surface area contributed by atoms with Crippen molar-refractivity contribution in [1.82, 2.24) is 19.9 Å². The van der Waals surface area contributed by atoms with Crippen LogP contribution in [0.1, 0.15) is 37.5 Å². The number of hydrogen-bond acceptors (Lipinski definition) is 5. The first-order valence-corrected chi connectivity index (χ1v) is 8.93. The van der Waals surface area contributed by atoms with Gasteiger partial charge in [-0.05, 0) is 18.9 Å². The highest BCUT2D eigenvalue weighted by molar-refractivity contribution is 5.79. The van der Waals surface area contributed by atoms with Gasteiger partial charge in [-0.2, -0.15) is 0 Å². The van der Waals surface area contributed by atoms with Crippen molar-refractivity contribution in [2.24, 2.45) is 5.92 Å². The maximum Gasteiger partial charge on any atom is 0.225 e. The molecular formula is C19H22N4O2. The Morgan fingerprint density at radius 3 is 2.60 bits per heavy atom. The number of morpholine rings is 1. The summed E-state index contributed by atoms with van der Waals surface area (Å²) in [6.45, 7) is 1.85. The Labute approximate surface area is 147 Å². The molecule has 2 aliphatic rings. The van der Waals surface area contributed by atoms with Gasteiger partial charge in [-0.1, -0.05) is 18.9 Å². The SMILES string of the molecule is O=C(C1CCCC1)N1CCO[C@H](c2ccc(-c3cncnc3)cn2)C1. The average Bonchev–Trinajstić information content (AvgIpc) is 3.23. The minimum absolute atomic E-state index is 0.153. The van der Waals surface area contributed by atoms with Crippen molar-refractivity contribution < 1.29 is 9.53 Å². The van der Waals surface area contributed by atoms with E-state index in [9.17, 15) is 4.79 Å². The van der Waals surface area contributed by atoms with Gasteiger partial charge in [0.15, 0.2) is 0 Å². The predicted octanol–water partition coefficient (Wildman–Crippen LogP) is 2.63. The summed E-state index contributed by atoms with van der Waals surface area (Å²) in [5.74, 6) is 0.510. The summed E-state index contributed by atoms with van der Waals surface area (Å²) in [6.07, 6.45) is 11.1. The van der Waals surface area contributed by atoms with Gasteiger partial charge in [0.2, 0.25) is 5.91 Å². The van der Waals surface area contributed by atoms with Crippen molar-refractivity contribution in [1.29, 1.82) is 0 Å². The Balaban J connectivity index is 1.45.